The Kier molecular flexibility index (Phi) is 7.97. The van der Waals surface area contributed by atoms with Gasteiger partial charge in [-0.2, -0.15) is 0 Å². The van der Waals surface area contributed by atoms with Crippen molar-refractivity contribution in [2.45, 2.75) is 33.1 Å². The van der Waals surface area contributed by atoms with Gasteiger partial charge in [0.25, 0.3) is 0 Å². The van der Waals surface area contributed by atoms with Crippen LogP contribution in [0.15, 0.2) is 12.1 Å². The van der Waals surface area contributed by atoms with E-state index in [4.69, 9.17) is 21.1 Å². The average molecular weight is 300 g/mol. The van der Waals surface area contributed by atoms with Crippen LogP contribution in [-0.4, -0.2) is 33.4 Å². The van der Waals surface area contributed by atoms with Crippen LogP contribution in [0, 0.1) is 6.92 Å². The molecule has 4 heteroatoms. The average Bonchev–Trinajstić information content (AvgIpc) is 2.39. The van der Waals surface area contributed by atoms with E-state index in [-0.39, 0.29) is 0 Å². The third-order valence-electron chi connectivity index (χ3n) is 3.15. The standard InChI is InChI=1S/C16H26ClNO2/c1-12(2)14-11-16(13(3)10-15(14)17)20-8-5-6-18-7-9-19-4/h10-12,18H,5-9H2,1-4H3. The second-order valence-corrected chi connectivity index (χ2v) is 5.65. The van der Waals surface area contributed by atoms with E-state index >= 15 is 0 Å². The molecule has 0 saturated carbocycles. The molecule has 20 heavy (non-hydrogen) atoms. The summed E-state index contributed by atoms with van der Waals surface area (Å²) in [4.78, 5) is 0. The molecule has 114 valence electrons. The molecule has 1 aromatic rings. The minimum absolute atomic E-state index is 0.404. The highest BCUT2D eigenvalue weighted by Crippen LogP contribution is 2.31. The second kappa shape index (κ2) is 9.22. The summed E-state index contributed by atoms with van der Waals surface area (Å²) in [6, 6.07) is 4.06. The molecule has 0 aromatic heterocycles. The second-order valence-electron chi connectivity index (χ2n) is 5.24. The zero-order chi connectivity index (χ0) is 15.0. The first-order valence-electron chi connectivity index (χ1n) is 7.18. The Morgan fingerprint density at radius 2 is 1.95 bits per heavy atom. The molecule has 0 atom stereocenters. The summed E-state index contributed by atoms with van der Waals surface area (Å²) in [6.07, 6.45) is 0.975. The van der Waals surface area contributed by atoms with Gasteiger partial charge in [-0.25, -0.2) is 0 Å². The van der Waals surface area contributed by atoms with Gasteiger partial charge in [0, 0.05) is 18.7 Å². The highest BCUT2D eigenvalue weighted by Gasteiger charge is 2.09. The van der Waals surface area contributed by atoms with E-state index in [1.54, 1.807) is 7.11 Å². The lowest BCUT2D eigenvalue weighted by molar-refractivity contribution is 0.198. The first-order chi connectivity index (χ1) is 9.56. The van der Waals surface area contributed by atoms with Crippen molar-refractivity contribution in [1.29, 1.82) is 0 Å². The molecule has 0 aliphatic heterocycles. The maximum absolute atomic E-state index is 6.25. The lowest BCUT2D eigenvalue weighted by Gasteiger charge is -2.14. The van der Waals surface area contributed by atoms with Gasteiger partial charge in [-0.05, 0) is 49.1 Å². The molecule has 3 nitrogen and oxygen atoms in total. The first-order valence-corrected chi connectivity index (χ1v) is 7.56. The fraction of sp³-hybridized carbons (Fsp3) is 0.625. The molecule has 0 heterocycles. The van der Waals surface area contributed by atoms with Gasteiger partial charge in [0.1, 0.15) is 5.75 Å². The fourth-order valence-corrected chi connectivity index (χ4v) is 2.38. The molecule has 1 rings (SSSR count). The molecule has 0 aliphatic carbocycles. The third-order valence-corrected chi connectivity index (χ3v) is 3.48. The van der Waals surface area contributed by atoms with Crippen molar-refractivity contribution in [2.75, 3.05) is 33.4 Å². The fourth-order valence-electron chi connectivity index (χ4n) is 1.95. The van der Waals surface area contributed by atoms with Crippen LogP contribution in [0.3, 0.4) is 0 Å². The first kappa shape index (κ1) is 17.3. The van der Waals surface area contributed by atoms with E-state index in [0.717, 1.165) is 48.0 Å². The lowest BCUT2D eigenvalue weighted by atomic mass is 10.0. The lowest BCUT2D eigenvalue weighted by Crippen LogP contribution is -2.21. The Hall–Kier alpha value is -0.770. The molecule has 0 radical (unpaired) electrons. The minimum Gasteiger partial charge on any atom is -0.493 e. The van der Waals surface area contributed by atoms with E-state index in [1.807, 2.05) is 13.0 Å². The highest BCUT2D eigenvalue weighted by molar-refractivity contribution is 6.31. The topological polar surface area (TPSA) is 30.5 Å². The van der Waals surface area contributed by atoms with Crippen molar-refractivity contribution in [1.82, 2.24) is 5.32 Å². The van der Waals surface area contributed by atoms with Crippen molar-refractivity contribution in [3.05, 3.63) is 28.3 Å². The van der Waals surface area contributed by atoms with Crippen LogP contribution in [0.2, 0.25) is 5.02 Å². The van der Waals surface area contributed by atoms with Crippen molar-refractivity contribution in [3.63, 3.8) is 0 Å². The van der Waals surface area contributed by atoms with E-state index in [9.17, 15) is 0 Å². The SMILES string of the molecule is COCCNCCCOc1cc(C(C)C)c(Cl)cc1C. The van der Waals surface area contributed by atoms with Crippen molar-refractivity contribution < 1.29 is 9.47 Å². The van der Waals surface area contributed by atoms with Gasteiger partial charge >= 0.3 is 0 Å². The van der Waals surface area contributed by atoms with E-state index in [0.29, 0.717) is 12.5 Å². The Bertz CT molecular complexity index is 408. The summed E-state index contributed by atoms with van der Waals surface area (Å²) >= 11 is 6.25. The number of methoxy groups -OCH3 is 1. The third kappa shape index (κ3) is 5.70. The molecular formula is C16H26ClNO2. The summed E-state index contributed by atoms with van der Waals surface area (Å²) in [7, 11) is 1.71. The summed E-state index contributed by atoms with van der Waals surface area (Å²) in [6.45, 7) is 9.58. The molecule has 0 amide bonds. The van der Waals surface area contributed by atoms with Crippen LogP contribution in [0.1, 0.15) is 37.3 Å². The molecule has 0 fully saturated rings. The van der Waals surface area contributed by atoms with Gasteiger partial charge in [0.2, 0.25) is 0 Å². The van der Waals surface area contributed by atoms with Crippen molar-refractivity contribution in [2.24, 2.45) is 0 Å². The number of aryl methyl sites for hydroxylation is 1. The minimum atomic E-state index is 0.404. The predicted molar refractivity (Wildman–Crippen MR) is 85.1 cm³/mol. The number of nitrogens with one attached hydrogen (secondary N) is 1. The number of ether oxygens (including phenoxy) is 2. The molecule has 0 aliphatic rings. The van der Waals surface area contributed by atoms with Crippen LogP contribution in [-0.2, 0) is 4.74 Å². The summed E-state index contributed by atoms with van der Waals surface area (Å²) < 4.78 is 10.8. The number of rotatable bonds is 9. The predicted octanol–water partition coefficient (Wildman–Crippen LogP) is 3.78. The van der Waals surface area contributed by atoms with Crippen LogP contribution >= 0.6 is 11.6 Å². The number of hydrogen-bond donors (Lipinski definition) is 1. The van der Waals surface area contributed by atoms with Gasteiger partial charge in [-0.1, -0.05) is 25.4 Å². The van der Waals surface area contributed by atoms with E-state index in [1.165, 1.54) is 0 Å². The molecule has 0 spiro atoms. The largest absolute Gasteiger partial charge is 0.493 e. The Morgan fingerprint density at radius 1 is 1.20 bits per heavy atom. The number of halogens is 1. The molecule has 0 saturated heterocycles. The highest BCUT2D eigenvalue weighted by atomic mass is 35.5. The zero-order valence-corrected chi connectivity index (χ0v) is 13.7. The monoisotopic (exact) mass is 299 g/mol. The molecule has 0 bridgehead atoms. The number of benzene rings is 1. The molecule has 1 aromatic carbocycles. The quantitative estimate of drug-likeness (QED) is 0.704. The van der Waals surface area contributed by atoms with Crippen LogP contribution in [0.4, 0.5) is 0 Å². The van der Waals surface area contributed by atoms with Gasteiger partial charge in [0.15, 0.2) is 0 Å². The van der Waals surface area contributed by atoms with Gasteiger partial charge < -0.3 is 14.8 Å². The van der Waals surface area contributed by atoms with Crippen molar-refractivity contribution in [3.8, 4) is 5.75 Å². The van der Waals surface area contributed by atoms with Gasteiger partial charge in [0.05, 0.1) is 13.2 Å². The van der Waals surface area contributed by atoms with Crippen LogP contribution < -0.4 is 10.1 Å². The molecular weight excluding hydrogens is 274 g/mol. The summed E-state index contributed by atoms with van der Waals surface area (Å²) in [5.41, 5.74) is 2.23. The smallest absolute Gasteiger partial charge is 0.122 e. The van der Waals surface area contributed by atoms with Crippen LogP contribution in [0.25, 0.3) is 0 Å². The summed E-state index contributed by atoms with van der Waals surface area (Å²) in [5.74, 6) is 1.34. The maximum Gasteiger partial charge on any atom is 0.122 e. The van der Waals surface area contributed by atoms with Crippen molar-refractivity contribution >= 4 is 11.6 Å². The Morgan fingerprint density at radius 3 is 2.60 bits per heavy atom. The Labute approximate surface area is 127 Å². The summed E-state index contributed by atoms with van der Waals surface area (Å²) in [5, 5.41) is 4.12. The number of hydrogen-bond acceptors (Lipinski definition) is 3. The van der Waals surface area contributed by atoms with E-state index in [2.05, 4.69) is 25.2 Å². The van der Waals surface area contributed by atoms with Gasteiger partial charge in [-0.15, -0.1) is 0 Å². The zero-order valence-electron chi connectivity index (χ0n) is 13.0. The van der Waals surface area contributed by atoms with Crippen LogP contribution in [0.5, 0.6) is 5.75 Å². The van der Waals surface area contributed by atoms with Gasteiger partial charge in [-0.3, -0.25) is 0 Å². The molecule has 0 unspecified atom stereocenters. The normalized spacial score (nSPS) is 11.1. The van der Waals surface area contributed by atoms with E-state index < -0.39 is 0 Å². The molecule has 1 N–H and O–H groups in total. The maximum atomic E-state index is 6.25. The Balaban J connectivity index is 2.42.